The van der Waals surface area contributed by atoms with E-state index in [4.69, 9.17) is 4.74 Å². The SMILES string of the molecule is CC(C)CCCCCOC(=O)c1ccc(C(=O)[O-])cc1C(=O)[O-]. The van der Waals surface area contributed by atoms with Gasteiger partial charge in [-0.05, 0) is 30.0 Å². The maximum absolute atomic E-state index is 11.9. The average Bonchev–Trinajstić information content (AvgIpc) is 2.49. The summed E-state index contributed by atoms with van der Waals surface area (Å²) in [7, 11) is 0. The summed E-state index contributed by atoms with van der Waals surface area (Å²) >= 11 is 0. The number of ether oxygens (including phenoxy) is 1. The van der Waals surface area contributed by atoms with E-state index in [0.29, 0.717) is 12.3 Å². The number of benzene rings is 1. The van der Waals surface area contributed by atoms with Gasteiger partial charge in [-0.25, -0.2) is 4.79 Å². The predicted molar refractivity (Wildman–Crippen MR) is 78.7 cm³/mol. The van der Waals surface area contributed by atoms with E-state index in [-0.39, 0.29) is 17.7 Å². The number of carboxylic acid groups (broad SMARTS) is 2. The van der Waals surface area contributed by atoms with Crippen LogP contribution in [0.1, 0.15) is 70.6 Å². The Morgan fingerprint density at radius 3 is 2.26 bits per heavy atom. The van der Waals surface area contributed by atoms with Gasteiger partial charge in [0.2, 0.25) is 0 Å². The molecule has 0 unspecified atom stereocenters. The fourth-order valence-electron chi connectivity index (χ4n) is 2.09. The highest BCUT2D eigenvalue weighted by atomic mass is 16.5. The summed E-state index contributed by atoms with van der Waals surface area (Å²) in [6.07, 6.45) is 3.76. The molecule has 0 atom stereocenters. The van der Waals surface area contributed by atoms with Crippen LogP contribution in [0.2, 0.25) is 0 Å². The average molecular weight is 320 g/mol. The molecule has 0 amide bonds. The second kappa shape index (κ2) is 8.92. The van der Waals surface area contributed by atoms with Gasteiger partial charge in [0, 0.05) is 5.56 Å². The number of hydrogen-bond donors (Lipinski definition) is 0. The van der Waals surface area contributed by atoms with E-state index in [1.807, 2.05) is 0 Å². The number of unbranched alkanes of at least 4 members (excludes halogenated alkanes) is 2. The van der Waals surface area contributed by atoms with Crippen molar-refractivity contribution in [3.63, 3.8) is 0 Å². The summed E-state index contributed by atoms with van der Waals surface area (Å²) in [6, 6.07) is 3.03. The highest BCUT2D eigenvalue weighted by Gasteiger charge is 2.14. The highest BCUT2D eigenvalue weighted by molar-refractivity contribution is 6.03. The third kappa shape index (κ3) is 6.10. The number of carbonyl (C=O) groups excluding carboxylic acids is 3. The van der Waals surface area contributed by atoms with Crippen molar-refractivity contribution in [2.75, 3.05) is 6.61 Å². The molecule has 0 saturated heterocycles. The second-order valence-electron chi connectivity index (χ2n) is 5.71. The normalized spacial score (nSPS) is 10.6. The zero-order valence-corrected chi connectivity index (χ0v) is 13.3. The minimum Gasteiger partial charge on any atom is -0.545 e. The van der Waals surface area contributed by atoms with Gasteiger partial charge in [0.1, 0.15) is 0 Å². The van der Waals surface area contributed by atoms with Crippen molar-refractivity contribution in [3.05, 3.63) is 34.9 Å². The van der Waals surface area contributed by atoms with E-state index in [0.717, 1.165) is 37.5 Å². The van der Waals surface area contributed by atoms with Crippen LogP contribution < -0.4 is 10.2 Å². The molecule has 0 aliphatic carbocycles. The first-order valence-corrected chi connectivity index (χ1v) is 7.56. The molecule has 6 nitrogen and oxygen atoms in total. The molecule has 1 aromatic carbocycles. The maximum Gasteiger partial charge on any atom is 0.338 e. The third-order valence-corrected chi connectivity index (χ3v) is 3.35. The summed E-state index contributed by atoms with van der Waals surface area (Å²) in [5.41, 5.74) is -1.08. The number of carboxylic acids is 2. The molecular formula is C17H20O6-2. The number of carbonyl (C=O) groups is 3. The van der Waals surface area contributed by atoms with Crippen molar-refractivity contribution in [1.82, 2.24) is 0 Å². The zero-order valence-electron chi connectivity index (χ0n) is 13.3. The molecule has 0 heterocycles. The highest BCUT2D eigenvalue weighted by Crippen LogP contribution is 2.14. The van der Waals surface area contributed by atoms with E-state index < -0.39 is 23.5 Å². The molecule has 6 heteroatoms. The van der Waals surface area contributed by atoms with Gasteiger partial charge in [-0.15, -0.1) is 0 Å². The van der Waals surface area contributed by atoms with E-state index in [1.54, 1.807) is 0 Å². The quantitative estimate of drug-likeness (QED) is 0.492. The van der Waals surface area contributed by atoms with Crippen LogP contribution >= 0.6 is 0 Å². The van der Waals surface area contributed by atoms with Crippen LogP contribution in [0.4, 0.5) is 0 Å². The fraction of sp³-hybridized carbons (Fsp3) is 0.471. The van der Waals surface area contributed by atoms with Gasteiger partial charge < -0.3 is 24.5 Å². The van der Waals surface area contributed by atoms with E-state index in [9.17, 15) is 24.6 Å². The minimum absolute atomic E-state index is 0.186. The standard InChI is InChI=1S/C17H22O6/c1-11(2)6-4-3-5-9-23-17(22)13-8-7-12(15(18)19)10-14(13)16(20)21/h7-8,10-11H,3-6,9H2,1-2H3,(H,18,19)(H,20,21)/p-2. The van der Waals surface area contributed by atoms with Gasteiger partial charge in [-0.1, -0.05) is 39.2 Å². The Labute approximate surface area is 135 Å². The molecule has 0 fully saturated rings. The van der Waals surface area contributed by atoms with Gasteiger partial charge in [0.15, 0.2) is 0 Å². The fourth-order valence-corrected chi connectivity index (χ4v) is 2.09. The Hall–Kier alpha value is -2.37. The van der Waals surface area contributed by atoms with Crippen molar-refractivity contribution in [2.24, 2.45) is 5.92 Å². The molecule has 126 valence electrons. The first-order valence-electron chi connectivity index (χ1n) is 7.56. The molecule has 0 saturated carbocycles. The van der Waals surface area contributed by atoms with E-state index in [2.05, 4.69) is 13.8 Å². The third-order valence-electron chi connectivity index (χ3n) is 3.35. The first-order chi connectivity index (χ1) is 10.8. The van der Waals surface area contributed by atoms with Crippen LogP contribution in [-0.4, -0.2) is 24.5 Å². The van der Waals surface area contributed by atoms with Crippen molar-refractivity contribution in [3.8, 4) is 0 Å². The molecule has 0 spiro atoms. The molecule has 1 rings (SSSR count). The molecule has 1 aromatic rings. The van der Waals surface area contributed by atoms with Crippen molar-refractivity contribution >= 4 is 17.9 Å². The topological polar surface area (TPSA) is 107 Å². The molecule has 23 heavy (non-hydrogen) atoms. The molecule has 0 bridgehead atoms. The minimum atomic E-state index is -1.64. The number of rotatable bonds is 9. The number of aromatic carboxylic acids is 2. The number of hydrogen-bond acceptors (Lipinski definition) is 6. The van der Waals surface area contributed by atoms with Crippen molar-refractivity contribution in [2.45, 2.75) is 39.5 Å². The molecular weight excluding hydrogens is 300 g/mol. The molecule has 0 N–H and O–H groups in total. The smallest absolute Gasteiger partial charge is 0.338 e. The predicted octanol–water partition coefficient (Wildman–Crippen LogP) is 0.787. The first kappa shape index (κ1) is 18.7. The van der Waals surface area contributed by atoms with Crippen LogP contribution in [0.25, 0.3) is 0 Å². The molecule has 0 radical (unpaired) electrons. The van der Waals surface area contributed by atoms with Crippen LogP contribution in [0.3, 0.4) is 0 Å². The van der Waals surface area contributed by atoms with Gasteiger partial charge in [0.05, 0.1) is 24.1 Å². The van der Waals surface area contributed by atoms with Crippen LogP contribution in [0.15, 0.2) is 18.2 Å². The summed E-state index contributed by atoms with van der Waals surface area (Å²) in [6.45, 7) is 4.46. The summed E-state index contributed by atoms with van der Waals surface area (Å²) in [4.78, 5) is 33.7. The van der Waals surface area contributed by atoms with Gasteiger partial charge >= 0.3 is 5.97 Å². The summed E-state index contributed by atoms with van der Waals surface area (Å²) < 4.78 is 5.03. The lowest BCUT2D eigenvalue weighted by atomic mass is 10.0. The van der Waals surface area contributed by atoms with Crippen LogP contribution in [0.5, 0.6) is 0 Å². The lowest BCUT2D eigenvalue weighted by Crippen LogP contribution is -2.28. The van der Waals surface area contributed by atoms with Gasteiger partial charge in [-0.3, -0.25) is 0 Å². The lowest BCUT2D eigenvalue weighted by molar-refractivity contribution is -0.255. The molecule has 0 aliphatic heterocycles. The monoisotopic (exact) mass is 320 g/mol. The second-order valence-corrected chi connectivity index (χ2v) is 5.71. The van der Waals surface area contributed by atoms with Crippen molar-refractivity contribution < 1.29 is 29.3 Å². The molecule has 0 aromatic heterocycles. The van der Waals surface area contributed by atoms with Gasteiger partial charge in [-0.2, -0.15) is 0 Å². The van der Waals surface area contributed by atoms with Crippen LogP contribution in [0, 0.1) is 5.92 Å². The Bertz CT molecular complexity index is 576. The largest absolute Gasteiger partial charge is 0.545 e. The number of esters is 1. The summed E-state index contributed by atoms with van der Waals surface area (Å²) in [5.74, 6) is -3.35. The lowest BCUT2D eigenvalue weighted by Gasteiger charge is -2.13. The van der Waals surface area contributed by atoms with Gasteiger partial charge in [0.25, 0.3) is 0 Å². The van der Waals surface area contributed by atoms with Crippen LogP contribution in [-0.2, 0) is 4.74 Å². The van der Waals surface area contributed by atoms with E-state index >= 15 is 0 Å². The zero-order chi connectivity index (χ0) is 17.4. The van der Waals surface area contributed by atoms with E-state index in [1.165, 1.54) is 0 Å². The van der Waals surface area contributed by atoms with Crippen molar-refractivity contribution in [1.29, 1.82) is 0 Å². The molecule has 0 aliphatic rings. The Morgan fingerprint density at radius 1 is 1.00 bits per heavy atom. The Balaban J connectivity index is 2.62. The maximum atomic E-state index is 11.9. The summed E-state index contributed by atoms with van der Waals surface area (Å²) in [5, 5.41) is 21.8. The Kier molecular flexibility index (Phi) is 7.25. The Morgan fingerprint density at radius 2 is 1.70 bits per heavy atom.